The van der Waals surface area contributed by atoms with Gasteiger partial charge in [-0.3, -0.25) is 9.10 Å². The van der Waals surface area contributed by atoms with Gasteiger partial charge in [0.2, 0.25) is 15.9 Å². The fourth-order valence-corrected chi connectivity index (χ4v) is 4.19. The minimum absolute atomic E-state index is 0.00509. The molecule has 0 fully saturated rings. The first kappa shape index (κ1) is 19.3. The first-order valence-corrected chi connectivity index (χ1v) is 10.4. The highest BCUT2D eigenvalue weighted by atomic mass is 32.2. The third-order valence-electron chi connectivity index (χ3n) is 4.53. The summed E-state index contributed by atoms with van der Waals surface area (Å²) in [6, 6.07) is 10.6. The summed E-state index contributed by atoms with van der Waals surface area (Å²) in [6.07, 6.45) is 2.21. The number of rotatable bonds is 6. The van der Waals surface area contributed by atoms with Crippen LogP contribution in [-0.4, -0.2) is 33.7 Å². The van der Waals surface area contributed by atoms with E-state index in [4.69, 9.17) is 0 Å². The minimum atomic E-state index is -3.69. The van der Waals surface area contributed by atoms with Crippen LogP contribution in [0.2, 0.25) is 0 Å². The van der Waals surface area contributed by atoms with Crippen LogP contribution < -0.4 is 9.21 Å². The van der Waals surface area contributed by atoms with E-state index in [2.05, 4.69) is 0 Å². The van der Waals surface area contributed by atoms with E-state index < -0.39 is 21.7 Å². The molecule has 0 aromatic heterocycles. The highest BCUT2D eigenvalue weighted by molar-refractivity contribution is 7.92. The molecule has 2 aromatic rings. The summed E-state index contributed by atoms with van der Waals surface area (Å²) in [5, 5.41) is 0. The molecule has 0 unspecified atom stereocenters. The molecule has 0 saturated carbocycles. The predicted octanol–water partition coefficient (Wildman–Crippen LogP) is 3.10. The number of anilines is 2. The van der Waals surface area contributed by atoms with Crippen molar-refractivity contribution < 1.29 is 22.0 Å². The van der Waals surface area contributed by atoms with Gasteiger partial charge in [-0.1, -0.05) is 18.2 Å². The van der Waals surface area contributed by atoms with E-state index in [9.17, 15) is 22.0 Å². The zero-order valence-corrected chi connectivity index (χ0v) is 15.7. The number of nitrogens with zero attached hydrogens (tertiary/aromatic N) is 2. The van der Waals surface area contributed by atoms with Gasteiger partial charge in [0, 0.05) is 31.3 Å². The molecule has 0 radical (unpaired) electrons. The maximum Gasteiger partial charge on any atom is 0.232 e. The molecular weight excluding hydrogens is 374 g/mol. The Morgan fingerprint density at radius 1 is 1.15 bits per heavy atom. The number of halogens is 2. The Bertz CT molecular complexity index is 963. The van der Waals surface area contributed by atoms with E-state index in [0.717, 1.165) is 40.4 Å². The molecule has 0 spiro atoms. The van der Waals surface area contributed by atoms with Crippen LogP contribution in [-0.2, 0) is 21.2 Å². The van der Waals surface area contributed by atoms with Crippen molar-refractivity contribution in [3.8, 4) is 0 Å². The highest BCUT2D eigenvalue weighted by Crippen LogP contribution is 2.28. The van der Waals surface area contributed by atoms with Gasteiger partial charge in [0.1, 0.15) is 0 Å². The van der Waals surface area contributed by atoms with Crippen molar-refractivity contribution >= 4 is 27.3 Å². The van der Waals surface area contributed by atoms with Crippen molar-refractivity contribution in [2.45, 2.75) is 19.3 Å². The predicted molar refractivity (Wildman–Crippen MR) is 100 cm³/mol. The van der Waals surface area contributed by atoms with Crippen LogP contribution in [0.15, 0.2) is 42.5 Å². The third kappa shape index (κ3) is 4.27. The molecule has 0 N–H and O–H groups in total. The van der Waals surface area contributed by atoms with Gasteiger partial charge in [-0.2, -0.15) is 0 Å². The second-order valence-electron chi connectivity index (χ2n) is 6.46. The summed E-state index contributed by atoms with van der Waals surface area (Å²) >= 11 is 0. The summed E-state index contributed by atoms with van der Waals surface area (Å²) in [4.78, 5) is 14.2. The van der Waals surface area contributed by atoms with E-state index in [1.807, 2.05) is 24.3 Å². The van der Waals surface area contributed by atoms with Crippen molar-refractivity contribution in [2.75, 3.05) is 28.6 Å². The number of para-hydroxylation sites is 1. The normalized spacial score (nSPS) is 13.5. The largest absolute Gasteiger partial charge is 0.312 e. The van der Waals surface area contributed by atoms with Gasteiger partial charge >= 0.3 is 0 Å². The number of sulfonamides is 1. The smallest absolute Gasteiger partial charge is 0.232 e. The van der Waals surface area contributed by atoms with Crippen LogP contribution in [0, 0.1) is 11.6 Å². The lowest BCUT2D eigenvalue weighted by molar-refractivity contribution is -0.118. The summed E-state index contributed by atoms with van der Waals surface area (Å²) in [6.45, 7) is 0.613. The van der Waals surface area contributed by atoms with Crippen molar-refractivity contribution in [1.29, 1.82) is 0 Å². The Kier molecular flexibility index (Phi) is 5.46. The Morgan fingerprint density at radius 3 is 2.59 bits per heavy atom. The molecule has 27 heavy (non-hydrogen) atoms. The van der Waals surface area contributed by atoms with Crippen LogP contribution in [0.1, 0.15) is 18.4 Å². The first-order valence-electron chi connectivity index (χ1n) is 8.58. The fraction of sp³-hybridized carbons (Fsp3) is 0.316. The van der Waals surface area contributed by atoms with Crippen LogP contribution in [0.3, 0.4) is 0 Å². The lowest BCUT2D eigenvalue weighted by Gasteiger charge is -2.23. The van der Waals surface area contributed by atoms with Gasteiger partial charge in [-0.15, -0.1) is 0 Å². The standard InChI is InChI=1S/C19H20F2N2O3S/c1-27(25,26)23(15-8-9-16(20)17(21)13-15)11-4-7-19(24)22-12-10-14-5-2-3-6-18(14)22/h2-3,5-6,8-9,13H,4,7,10-12H2,1H3. The molecule has 1 aliphatic heterocycles. The van der Waals surface area contributed by atoms with Crippen LogP contribution in [0.4, 0.5) is 20.2 Å². The Labute approximate surface area is 157 Å². The van der Waals surface area contributed by atoms with Gasteiger partial charge in [0.05, 0.1) is 11.9 Å². The lowest BCUT2D eigenvalue weighted by Crippen LogP contribution is -2.33. The molecule has 0 atom stereocenters. The molecule has 1 heterocycles. The molecule has 3 rings (SSSR count). The Hall–Kier alpha value is -2.48. The zero-order valence-electron chi connectivity index (χ0n) is 14.9. The number of hydrogen-bond acceptors (Lipinski definition) is 3. The number of carbonyl (C=O) groups excluding carboxylic acids is 1. The molecule has 0 bridgehead atoms. The van der Waals surface area contributed by atoms with Crippen molar-refractivity contribution in [1.82, 2.24) is 0 Å². The van der Waals surface area contributed by atoms with Crippen LogP contribution in [0.5, 0.6) is 0 Å². The average molecular weight is 394 g/mol. The Morgan fingerprint density at radius 2 is 1.89 bits per heavy atom. The molecule has 1 amide bonds. The van der Waals surface area contributed by atoms with Gasteiger partial charge in [-0.25, -0.2) is 17.2 Å². The molecule has 8 heteroatoms. The molecule has 2 aromatic carbocycles. The molecule has 5 nitrogen and oxygen atoms in total. The van der Waals surface area contributed by atoms with Gasteiger partial charge < -0.3 is 4.90 Å². The Balaban J connectivity index is 1.66. The van der Waals surface area contributed by atoms with Gasteiger partial charge in [0.25, 0.3) is 0 Å². The molecule has 0 saturated heterocycles. The number of carbonyl (C=O) groups is 1. The molecular formula is C19H20F2N2O3S. The lowest BCUT2D eigenvalue weighted by atomic mass is 10.2. The van der Waals surface area contributed by atoms with E-state index in [1.165, 1.54) is 6.07 Å². The van der Waals surface area contributed by atoms with Crippen molar-refractivity contribution in [2.24, 2.45) is 0 Å². The quantitative estimate of drug-likeness (QED) is 0.757. The van der Waals surface area contributed by atoms with E-state index in [-0.39, 0.29) is 31.0 Å². The minimum Gasteiger partial charge on any atom is -0.312 e. The third-order valence-corrected chi connectivity index (χ3v) is 5.73. The van der Waals surface area contributed by atoms with E-state index in [1.54, 1.807) is 4.90 Å². The number of hydrogen-bond donors (Lipinski definition) is 0. The average Bonchev–Trinajstić information content (AvgIpc) is 3.04. The second kappa shape index (κ2) is 7.64. The van der Waals surface area contributed by atoms with Crippen molar-refractivity contribution in [3.05, 3.63) is 59.7 Å². The van der Waals surface area contributed by atoms with Crippen molar-refractivity contribution in [3.63, 3.8) is 0 Å². The van der Waals surface area contributed by atoms with Crippen LogP contribution >= 0.6 is 0 Å². The van der Waals surface area contributed by atoms with E-state index >= 15 is 0 Å². The van der Waals surface area contributed by atoms with Gasteiger partial charge in [-0.05, 0) is 36.6 Å². The fourth-order valence-electron chi connectivity index (χ4n) is 3.23. The molecule has 144 valence electrons. The first-order chi connectivity index (χ1) is 12.8. The number of benzene rings is 2. The molecule has 0 aliphatic carbocycles. The van der Waals surface area contributed by atoms with Crippen LogP contribution in [0.25, 0.3) is 0 Å². The summed E-state index contributed by atoms with van der Waals surface area (Å²) in [5.74, 6) is -2.25. The number of fused-ring (bicyclic) bond motifs is 1. The van der Waals surface area contributed by atoms with E-state index in [0.29, 0.717) is 6.54 Å². The summed E-state index contributed by atoms with van der Waals surface area (Å²) < 4.78 is 51.6. The maximum absolute atomic E-state index is 13.5. The summed E-state index contributed by atoms with van der Waals surface area (Å²) in [5.41, 5.74) is 2.05. The SMILES string of the molecule is CS(=O)(=O)N(CCCC(=O)N1CCc2ccccc21)c1ccc(F)c(F)c1. The topological polar surface area (TPSA) is 57.7 Å². The molecule has 1 aliphatic rings. The summed E-state index contributed by atoms with van der Waals surface area (Å²) in [7, 11) is -3.69. The zero-order chi connectivity index (χ0) is 19.6. The number of amides is 1. The second-order valence-corrected chi connectivity index (χ2v) is 8.37. The monoisotopic (exact) mass is 394 g/mol. The highest BCUT2D eigenvalue weighted by Gasteiger charge is 2.25. The maximum atomic E-state index is 13.5. The van der Waals surface area contributed by atoms with Gasteiger partial charge in [0.15, 0.2) is 11.6 Å².